The molecule has 0 amide bonds. The number of hydrogen-bond donors (Lipinski definition) is 3. The molecule has 2 aliphatic rings. The van der Waals surface area contributed by atoms with Gasteiger partial charge < -0.3 is 19.8 Å². The van der Waals surface area contributed by atoms with Crippen molar-refractivity contribution in [2.24, 2.45) is 5.92 Å². The summed E-state index contributed by atoms with van der Waals surface area (Å²) in [6, 6.07) is 18.7. The van der Waals surface area contributed by atoms with Crippen molar-refractivity contribution in [1.29, 1.82) is 0 Å². The molecule has 200 valence electrons. The van der Waals surface area contributed by atoms with E-state index in [1.54, 1.807) is 31.4 Å². The van der Waals surface area contributed by atoms with Crippen molar-refractivity contribution >= 4 is 22.5 Å². The molecule has 4 heterocycles. The van der Waals surface area contributed by atoms with Crippen LogP contribution in [0.25, 0.3) is 33.4 Å². The molecule has 10 nitrogen and oxygen atoms in total. The molecule has 1 atom stereocenters. The monoisotopic (exact) mass is 534 g/mol. The van der Waals surface area contributed by atoms with Crippen LogP contribution in [0.2, 0.25) is 0 Å². The number of H-pyrrole nitrogens is 2. The van der Waals surface area contributed by atoms with E-state index in [-0.39, 0.29) is 11.6 Å². The Kier molecular flexibility index (Phi) is 5.71. The van der Waals surface area contributed by atoms with Crippen LogP contribution in [-0.2, 0) is 0 Å². The maximum Gasteiger partial charge on any atom is 0.204 e. The number of nitrogens with one attached hydrogen (secondary N) is 3. The maximum atomic E-state index is 14.4. The van der Waals surface area contributed by atoms with Gasteiger partial charge in [-0.25, -0.2) is 0 Å². The van der Waals surface area contributed by atoms with Crippen LogP contribution in [0.5, 0.6) is 11.5 Å². The normalized spacial score (nSPS) is 17.9. The number of carbonyl (C=O) groups is 2. The Labute approximate surface area is 229 Å². The fourth-order valence-electron chi connectivity index (χ4n) is 5.93. The number of piperidine rings is 1. The van der Waals surface area contributed by atoms with E-state index < -0.39 is 11.5 Å². The van der Waals surface area contributed by atoms with Crippen LogP contribution in [0.1, 0.15) is 33.6 Å². The molecule has 0 aliphatic carbocycles. The summed E-state index contributed by atoms with van der Waals surface area (Å²) in [6.07, 6.45) is 2.95. The van der Waals surface area contributed by atoms with Crippen LogP contribution in [0, 0.1) is 5.92 Å². The number of tetrazole rings is 1. The fraction of sp³-hybridized carbons (Fsp3) is 0.233. The number of benzene rings is 3. The number of fused-ring (bicyclic) bond motifs is 2. The number of rotatable bonds is 5. The highest BCUT2D eigenvalue weighted by Gasteiger charge is 2.53. The number of ketones is 2. The molecule has 0 unspecified atom stereocenters. The first-order valence-corrected chi connectivity index (χ1v) is 13.2. The van der Waals surface area contributed by atoms with E-state index in [2.05, 4.69) is 37.0 Å². The first kappa shape index (κ1) is 24.2. The summed E-state index contributed by atoms with van der Waals surface area (Å²) < 4.78 is 12.2. The van der Waals surface area contributed by atoms with E-state index in [1.165, 1.54) is 0 Å². The second-order valence-electron chi connectivity index (χ2n) is 10.3. The SMILES string of the molecule is COc1cc(C(=O)[C@@H]2C(=O)c3cc(-c4nn[nH]n4)ccc3OC23CCNCC3)cc(-c2ccc3[nH]ccc3c2)c1. The Morgan fingerprint density at radius 2 is 1.85 bits per heavy atom. The number of ether oxygens (including phenoxy) is 2. The summed E-state index contributed by atoms with van der Waals surface area (Å²) >= 11 is 0. The molecule has 5 aromatic rings. The summed E-state index contributed by atoms with van der Waals surface area (Å²) in [7, 11) is 1.57. The third-order valence-corrected chi connectivity index (χ3v) is 7.98. The predicted octanol–water partition coefficient (Wildman–Crippen LogP) is 4.22. The van der Waals surface area contributed by atoms with Crippen LogP contribution < -0.4 is 14.8 Å². The van der Waals surface area contributed by atoms with E-state index in [0.717, 1.165) is 22.0 Å². The smallest absolute Gasteiger partial charge is 0.204 e. The molecular formula is C30H26N6O4. The van der Waals surface area contributed by atoms with Crippen molar-refractivity contribution in [3.05, 3.63) is 78.0 Å². The quantitative estimate of drug-likeness (QED) is 0.225. The number of aromatic nitrogens is 5. The molecule has 1 spiro atoms. The molecular weight excluding hydrogens is 508 g/mol. The van der Waals surface area contributed by atoms with E-state index in [0.29, 0.717) is 59.9 Å². The minimum Gasteiger partial charge on any atom is -0.497 e. The van der Waals surface area contributed by atoms with E-state index >= 15 is 0 Å². The topological polar surface area (TPSA) is 135 Å². The van der Waals surface area contributed by atoms with Crippen LogP contribution >= 0.6 is 0 Å². The molecule has 3 N–H and O–H groups in total. The number of methoxy groups -OCH3 is 1. The number of aromatic amines is 2. The van der Waals surface area contributed by atoms with Gasteiger partial charge in [0.2, 0.25) is 5.82 Å². The summed E-state index contributed by atoms with van der Waals surface area (Å²) in [4.78, 5) is 31.8. The Balaban J connectivity index is 1.33. The summed E-state index contributed by atoms with van der Waals surface area (Å²) in [5, 5.41) is 18.5. The van der Waals surface area contributed by atoms with Gasteiger partial charge in [-0.2, -0.15) is 5.21 Å². The van der Waals surface area contributed by atoms with Crippen molar-refractivity contribution in [2.45, 2.75) is 18.4 Å². The Morgan fingerprint density at radius 1 is 1.00 bits per heavy atom. The van der Waals surface area contributed by atoms with E-state index in [4.69, 9.17) is 9.47 Å². The molecule has 1 fully saturated rings. The fourth-order valence-corrected chi connectivity index (χ4v) is 5.93. The zero-order valence-corrected chi connectivity index (χ0v) is 21.7. The Morgan fingerprint density at radius 3 is 2.65 bits per heavy atom. The third kappa shape index (κ3) is 3.95. The lowest BCUT2D eigenvalue weighted by atomic mass is 9.70. The zero-order valence-electron chi connectivity index (χ0n) is 21.7. The lowest BCUT2D eigenvalue weighted by molar-refractivity contribution is -0.0138. The molecule has 3 aromatic carbocycles. The van der Waals surface area contributed by atoms with Gasteiger partial charge in [-0.05, 0) is 89.4 Å². The zero-order chi connectivity index (χ0) is 27.3. The average molecular weight is 535 g/mol. The highest BCUT2D eigenvalue weighted by atomic mass is 16.5. The highest BCUT2D eigenvalue weighted by molar-refractivity contribution is 6.19. The van der Waals surface area contributed by atoms with Crippen LogP contribution in [-0.4, -0.2) is 63.0 Å². The largest absolute Gasteiger partial charge is 0.497 e. The van der Waals surface area contributed by atoms with Crippen LogP contribution in [0.3, 0.4) is 0 Å². The lowest BCUT2D eigenvalue weighted by Crippen LogP contribution is -2.58. The van der Waals surface area contributed by atoms with Gasteiger partial charge >= 0.3 is 0 Å². The molecule has 2 aromatic heterocycles. The lowest BCUT2D eigenvalue weighted by Gasteiger charge is -2.45. The second-order valence-corrected chi connectivity index (χ2v) is 10.3. The second kappa shape index (κ2) is 9.42. The Hall–Kier alpha value is -4.83. The van der Waals surface area contributed by atoms with Crippen LogP contribution in [0.15, 0.2) is 66.9 Å². The average Bonchev–Trinajstić information content (AvgIpc) is 3.69. The molecule has 0 radical (unpaired) electrons. The summed E-state index contributed by atoms with van der Waals surface area (Å²) in [6.45, 7) is 1.29. The van der Waals surface area contributed by atoms with Crippen molar-refractivity contribution < 1.29 is 19.1 Å². The highest BCUT2D eigenvalue weighted by Crippen LogP contribution is 2.45. The van der Waals surface area contributed by atoms with Crippen molar-refractivity contribution in [1.82, 2.24) is 30.9 Å². The van der Waals surface area contributed by atoms with Gasteiger partial charge in [-0.3, -0.25) is 9.59 Å². The molecule has 40 heavy (non-hydrogen) atoms. The van der Waals surface area contributed by atoms with Gasteiger partial charge in [0.25, 0.3) is 0 Å². The van der Waals surface area contributed by atoms with E-state index in [1.807, 2.05) is 36.5 Å². The molecule has 0 bridgehead atoms. The van der Waals surface area contributed by atoms with Gasteiger partial charge in [-0.1, -0.05) is 6.07 Å². The first-order valence-electron chi connectivity index (χ1n) is 13.2. The predicted molar refractivity (Wildman–Crippen MR) is 148 cm³/mol. The molecule has 10 heteroatoms. The standard InChI is InChI=1S/C30H26N6O4/c1-39-22-14-20(17-2-4-24-18(12-17)6-9-32-24)13-21(15-22)27(37)26-28(38)23-16-19(29-33-35-36-34-29)3-5-25(23)40-30(26)7-10-31-11-8-30/h2-6,9,12-16,26,31-32H,7-8,10-11H2,1H3,(H,33,34,35,36)/t26-/m1/s1. The number of carbonyl (C=O) groups excluding carboxylic acids is 2. The molecule has 2 aliphatic heterocycles. The first-order chi connectivity index (χ1) is 19.5. The molecule has 1 saturated heterocycles. The van der Waals surface area contributed by atoms with Gasteiger partial charge in [-0.15, -0.1) is 10.2 Å². The van der Waals surface area contributed by atoms with Gasteiger partial charge in [0.1, 0.15) is 23.0 Å². The maximum absolute atomic E-state index is 14.4. The molecule has 7 rings (SSSR count). The summed E-state index contributed by atoms with van der Waals surface area (Å²) in [5.41, 5.74) is 3.20. The minimum atomic E-state index is -1.02. The third-order valence-electron chi connectivity index (χ3n) is 7.98. The number of Topliss-reactive ketones (excluding diaryl/α,β-unsaturated/α-hetero) is 2. The number of nitrogens with zero attached hydrogens (tertiary/aromatic N) is 3. The van der Waals surface area contributed by atoms with Gasteiger partial charge in [0.05, 0.1) is 12.7 Å². The summed E-state index contributed by atoms with van der Waals surface area (Å²) in [5.74, 6) is -0.207. The van der Waals surface area contributed by atoms with Crippen molar-refractivity contribution in [3.8, 4) is 34.0 Å². The van der Waals surface area contributed by atoms with E-state index in [9.17, 15) is 9.59 Å². The van der Waals surface area contributed by atoms with Crippen LogP contribution in [0.4, 0.5) is 0 Å². The number of hydrogen-bond acceptors (Lipinski definition) is 8. The van der Waals surface area contributed by atoms with Crippen molar-refractivity contribution in [3.63, 3.8) is 0 Å². The molecule has 0 saturated carbocycles. The van der Waals surface area contributed by atoms with Gasteiger partial charge in [0, 0.05) is 35.7 Å². The minimum absolute atomic E-state index is 0.267. The Bertz CT molecular complexity index is 1750. The van der Waals surface area contributed by atoms with Gasteiger partial charge in [0.15, 0.2) is 11.6 Å². The van der Waals surface area contributed by atoms with Crippen molar-refractivity contribution in [2.75, 3.05) is 20.2 Å².